The summed E-state index contributed by atoms with van der Waals surface area (Å²) in [6.07, 6.45) is 2.75. The molecule has 108 valence electrons. The van der Waals surface area contributed by atoms with Gasteiger partial charge in [0, 0.05) is 24.7 Å². The van der Waals surface area contributed by atoms with Crippen molar-refractivity contribution in [3.05, 3.63) is 34.6 Å². The van der Waals surface area contributed by atoms with Gasteiger partial charge in [-0.25, -0.2) is 4.39 Å². The number of aliphatic carboxylic acids is 1. The monoisotopic (exact) mass is 297 g/mol. The number of hydrogen-bond donors (Lipinski definition) is 1. The van der Waals surface area contributed by atoms with Gasteiger partial charge in [-0.1, -0.05) is 24.1 Å². The van der Waals surface area contributed by atoms with Crippen molar-refractivity contribution < 1.29 is 14.3 Å². The third-order valence-electron chi connectivity index (χ3n) is 4.78. The maximum absolute atomic E-state index is 13.0. The molecule has 1 N–H and O–H groups in total. The normalized spacial score (nSPS) is 29.6. The second-order valence-corrected chi connectivity index (χ2v) is 6.36. The van der Waals surface area contributed by atoms with Crippen LogP contribution >= 0.6 is 11.6 Å². The van der Waals surface area contributed by atoms with Crippen LogP contribution in [0, 0.1) is 17.2 Å². The number of carboxylic acid groups (broad SMARTS) is 1. The number of hydrogen-bond acceptors (Lipinski definition) is 2. The average Bonchev–Trinajstić information content (AvgIpc) is 2.90. The molecular weight excluding hydrogens is 281 g/mol. The number of nitrogens with zero attached hydrogens (tertiary/aromatic N) is 1. The summed E-state index contributed by atoms with van der Waals surface area (Å²) in [4.78, 5) is 13.7. The summed E-state index contributed by atoms with van der Waals surface area (Å²) in [5.74, 6) is -0.786. The van der Waals surface area contributed by atoms with Crippen molar-refractivity contribution in [1.82, 2.24) is 4.90 Å². The molecule has 0 amide bonds. The van der Waals surface area contributed by atoms with Gasteiger partial charge in [-0.2, -0.15) is 0 Å². The van der Waals surface area contributed by atoms with E-state index in [0.29, 0.717) is 18.1 Å². The molecule has 0 bridgehead atoms. The number of fused-ring (bicyclic) bond motifs is 1. The van der Waals surface area contributed by atoms with Crippen LogP contribution in [0.2, 0.25) is 5.02 Å². The second kappa shape index (κ2) is 5.01. The van der Waals surface area contributed by atoms with Crippen molar-refractivity contribution >= 4 is 17.6 Å². The summed E-state index contributed by atoms with van der Waals surface area (Å²) in [5.41, 5.74) is 0.278. The number of benzene rings is 1. The summed E-state index contributed by atoms with van der Waals surface area (Å²) in [5, 5.41) is 9.96. The van der Waals surface area contributed by atoms with Gasteiger partial charge in [0.05, 0.1) is 5.41 Å². The Bertz CT molecular complexity index is 551. The van der Waals surface area contributed by atoms with E-state index in [1.807, 2.05) is 0 Å². The van der Waals surface area contributed by atoms with Gasteiger partial charge in [-0.05, 0) is 36.5 Å². The van der Waals surface area contributed by atoms with E-state index < -0.39 is 11.4 Å². The molecule has 0 aromatic heterocycles. The topological polar surface area (TPSA) is 40.5 Å². The lowest BCUT2D eigenvalue weighted by Gasteiger charge is -2.23. The number of likely N-dealkylation sites (tertiary alicyclic amines) is 1. The molecule has 2 aliphatic rings. The molecule has 1 aromatic carbocycles. The lowest BCUT2D eigenvalue weighted by molar-refractivity contribution is -0.149. The first-order valence-electron chi connectivity index (χ1n) is 6.91. The zero-order valence-corrected chi connectivity index (χ0v) is 11.9. The van der Waals surface area contributed by atoms with Crippen LogP contribution in [0.3, 0.4) is 0 Å². The molecule has 1 heterocycles. The highest BCUT2D eigenvalue weighted by Crippen LogP contribution is 2.49. The summed E-state index contributed by atoms with van der Waals surface area (Å²) < 4.78 is 13.0. The summed E-state index contributed by atoms with van der Waals surface area (Å²) in [6, 6.07) is 4.38. The van der Waals surface area contributed by atoms with Gasteiger partial charge in [-0.3, -0.25) is 9.69 Å². The Morgan fingerprint density at radius 3 is 3.00 bits per heavy atom. The van der Waals surface area contributed by atoms with Gasteiger partial charge in [0.2, 0.25) is 0 Å². The lowest BCUT2D eigenvalue weighted by atomic mass is 9.81. The van der Waals surface area contributed by atoms with Crippen LogP contribution in [-0.4, -0.2) is 29.1 Å². The molecule has 1 aliphatic carbocycles. The van der Waals surface area contributed by atoms with Crippen LogP contribution in [0.1, 0.15) is 24.8 Å². The van der Waals surface area contributed by atoms with E-state index in [2.05, 4.69) is 4.90 Å². The molecule has 1 aromatic rings. The Morgan fingerprint density at radius 1 is 1.55 bits per heavy atom. The van der Waals surface area contributed by atoms with Crippen LogP contribution in [0.4, 0.5) is 4.39 Å². The van der Waals surface area contributed by atoms with Crippen molar-refractivity contribution in [3.8, 4) is 0 Å². The molecule has 0 spiro atoms. The van der Waals surface area contributed by atoms with Crippen LogP contribution in [0.15, 0.2) is 18.2 Å². The van der Waals surface area contributed by atoms with Crippen molar-refractivity contribution in [1.29, 1.82) is 0 Å². The predicted molar refractivity (Wildman–Crippen MR) is 74.1 cm³/mol. The predicted octanol–water partition coefficient (Wildman–Crippen LogP) is 3.17. The third kappa shape index (κ3) is 2.21. The van der Waals surface area contributed by atoms with Crippen LogP contribution in [0.5, 0.6) is 0 Å². The fourth-order valence-corrected chi connectivity index (χ4v) is 3.98. The van der Waals surface area contributed by atoms with Gasteiger partial charge in [0.15, 0.2) is 0 Å². The third-order valence-corrected chi connectivity index (χ3v) is 5.13. The Hall–Kier alpha value is -1.13. The highest BCUT2D eigenvalue weighted by Gasteiger charge is 2.54. The van der Waals surface area contributed by atoms with Crippen LogP contribution < -0.4 is 0 Å². The number of rotatable bonds is 3. The second-order valence-electron chi connectivity index (χ2n) is 5.96. The minimum absolute atomic E-state index is 0.235. The summed E-state index contributed by atoms with van der Waals surface area (Å²) >= 11 is 6.04. The smallest absolute Gasteiger partial charge is 0.311 e. The fraction of sp³-hybridized carbons (Fsp3) is 0.533. The Morgan fingerprint density at radius 2 is 2.35 bits per heavy atom. The number of carbonyl (C=O) groups is 1. The molecule has 2 fully saturated rings. The molecule has 20 heavy (non-hydrogen) atoms. The molecular formula is C15H17ClFNO2. The highest BCUT2D eigenvalue weighted by molar-refractivity contribution is 6.31. The molecule has 1 saturated heterocycles. The quantitative estimate of drug-likeness (QED) is 0.931. The molecule has 3 rings (SSSR count). The maximum atomic E-state index is 13.0. The Labute approximate surface area is 122 Å². The molecule has 5 heteroatoms. The van der Waals surface area contributed by atoms with Crippen molar-refractivity contribution in [2.45, 2.75) is 25.8 Å². The first-order chi connectivity index (χ1) is 9.51. The number of carboxylic acids is 1. The minimum atomic E-state index is -0.673. The standard InChI is InChI=1S/C15H17ClFNO2/c16-13-6-12(17)4-3-10(13)7-18-8-11-2-1-5-15(11,9-18)14(19)20/h3-4,6,11H,1-2,5,7-9H2,(H,19,20)/t11-,15+/m0/s1. The number of halogens is 2. The maximum Gasteiger partial charge on any atom is 0.311 e. The van der Waals surface area contributed by atoms with E-state index >= 15 is 0 Å². The average molecular weight is 298 g/mol. The van der Waals surface area contributed by atoms with E-state index in [0.717, 1.165) is 31.4 Å². The van der Waals surface area contributed by atoms with Gasteiger partial charge < -0.3 is 5.11 Å². The zero-order chi connectivity index (χ0) is 14.3. The molecule has 2 atom stereocenters. The first-order valence-corrected chi connectivity index (χ1v) is 7.29. The molecule has 3 nitrogen and oxygen atoms in total. The van der Waals surface area contributed by atoms with Crippen molar-refractivity contribution in [2.24, 2.45) is 11.3 Å². The van der Waals surface area contributed by atoms with Crippen LogP contribution in [0.25, 0.3) is 0 Å². The molecule has 0 unspecified atom stereocenters. The lowest BCUT2D eigenvalue weighted by Crippen LogP contribution is -2.35. The van der Waals surface area contributed by atoms with E-state index in [4.69, 9.17) is 11.6 Å². The molecule has 1 aliphatic heterocycles. The van der Waals surface area contributed by atoms with Gasteiger partial charge in [0.1, 0.15) is 5.82 Å². The summed E-state index contributed by atoms with van der Waals surface area (Å²) in [6.45, 7) is 1.95. The highest BCUT2D eigenvalue weighted by atomic mass is 35.5. The molecule has 0 radical (unpaired) electrons. The van der Waals surface area contributed by atoms with Crippen molar-refractivity contribution in [2.75, 3.05) is 13.1 Å². The Balaban J connectivity index is 1.76. The first kappa shape index (κ1) is 13.8. The van der Waals surface area contributed by atoms with E-state index in [1.54, 1.807) is 6.07 Å². The van der Waals surface area contributed by atoms with E-state index in [-0.39, 0.29) is 11.7 Å². The largest absolute Gasteiger partial charge is 0.481 e. The summed E-state index contributed by atoms with van der Waals surface area (Å²) in [7, 11) is 0. The molecule has 1 saturated carbocycles. The Kier molecular flexibility index (Phi) is 3.46. The van der Waals surface area contributed by atoms with Gasteiger partial charge >= 0.3 is 5.97 Å². The van der Waals surface area contributed by atoms with E-state index in [9.17, 15) is 14.3 Å². The zero-order valence-electron chi connectivity index (χ0n) is 11.1. The SMILES string of the molecule is O=C(O)[C@@]12CCC[C@H]1CN(Cc1ccc(F)cc1Cl)C2. The van der Waals surface area contributed by atoms with Gasteiger partial charge in [0.25, 0.3) is 0 Å². The fourth-order valence-electron chi connectivity index (χ4n) is 3.75. The van der Waals surface area contributed by atoms with Crippen LogP contribution in [-0.2, 0) is 11.3 Å². The minimum Gasteiger partial charge on any atom is -0.481 e. The van der Waals surface area contributed by atoms with Gasteiger partial charge in [-0.15, -0.1) is 0 Å². The van der Waals surface area contributed by atoms with Crippen molar-refractivity contribution in [3.63, 3.8) is 0 Å². The van der Waals surface area contributed by atoms with E-state index in [1.165, 1.54) is 12.1 Å².